The highest BCUT2D eigenvalue weighted by Gasteiger charge is 2.47. The SMILES string of the molecule is CC(C)(C)CCN1CCC2(CC[C@@H](NC(=O)c3cccnc3)c3ccccc32)CC1.CCN(C(=O)CCC(F)(F)F)[C@H]1CCC2(CCN(CCC(C)(C)C)CC2)c2ccccc21.C[C@H](C(=O)N[C@H]1CCC2(CCN(CCC(C)(C)C)CC2)c2ccccc21)N1CCCC1=O.[HH].[HH]. The molecule has 3 aromatic carbocycles. The Morgan fingerprint density at radius 1 is 0.574 bits per heavy atom. The maximum absolute atomic E-state index is 13.0. The van der Waals surface area contributed by atoms with E-state index in [1.54, 1.807) is 22.2 Å². The monoisotopic (exact) mass is 1300 g/mol. The van der Waals surface area contributed by atoms with Gasteiger partial charge in [-0.1, -0.05) is 135 Å². The first-order valence-corrected chi connectivity index (χ1v) is 36.1. The Balaban J connectivity index is 0.000000201. The molecular weight excluding hydrogens is 1180 g/mol. The second kappa shape index (κ2) is 30.8. The molecule has 3 aliphatic carbocycles. The lowest BCUT2D eigenvalue weighted by atomic mass is 9.63. The average molecular weight is 1300 g/mol. The minimum Gasteiger partial charge on any atom is -0.348 e. The Labute approximate surface area is 565 Å². The number of alkyl halides is 3. The van der Waals surface area contributed by atoms with Gasteiger partial charge in [-0.25, -0.2) is 0 Å². The highest BCUT2D eigenvalue weighted by Crippen LogP contribution is 2.52. The molecule has 0 unspecified atom stereocenters. The summed E-state index contributed by atoms with van der Waals surface area (Å²) in [7, 11) is 0. The van der Waals surface area contributed by atoms with Crippen molar-refractivity contribution < 1.29 is 35.2 Å². The van der Waals surface area contributed by atoms with E-state index in [9.17, 15) is 32.3 Å². The number of rotatable bonds is 15. The van der Waals surface area contributed by atoms with Crippen LogP contribution in [0.1, 0.15) is 263 Å². The summed E-state index contributed by atoms with van der Waals surface area (Å²) in [5.74, 6) is -0.338. The number of halogens is 3. The number of carbonyl (C=O) groups excluding carboxylic acids is 4. The Kier molecular flexibility index (Phi) is 23.8. The fourth-order valence-electron chi connectivity index (χ4n) is 16.5. The molecule has 4 saturated heterocycles. The molecule has 5 heterocycles. The Morgan fingerprint density at radius 2 is 1.00 bits per heavy atom. The average Bonchev–Trinajstić information content (AvgIpc) is 0.844. The van der Waals surface area contributed by atoms with Gasteiger partial charge in [0.15, 0.2) is 0 Å². The Hall–Kier alpha value is -5.64. The zero-order valence-corrected chi connectivity index (χ0v) is 59.2. The van der Waals surface area contributed by atoms with E-state index in [0.717, 1.165) is 96.1 Å². The second-order valence-electron chi connectivity index (χ2n) is 32.7. The molecule has 94 heavy (non-hydrogen) atoms. The lowest BCUT2D eigenvalue weighted by molar-refractivity contribution is -0.150. The molecule has 3 spiro atoms. The molecule has 520 valence electrons. The summed E-state index contributed by atoms with van der Waals surface area (Å²) in [4.78, 5) is 65.9. The van der Waals surface area contributed by atoms with Crippen LogP contribution in [0.25, 0.3) is 0 Å². The normalized spacial score (nSPS) is 22.4. The molecule has 0 saturated carbocycles. The third kappa shape index (κ3) is 18.7. The van der Waals surface area contributed by atoms with Crippen molar-refractivity contribution in [2.45, 2.75) is 245 Å². The van der Waals surface area contributed by atoms with Crippen molar-refractivity contribution in [3.05, 3.63) is 136 Å². The maximum atomic E-state index is 13.0. The number of amides is 4. The van der Waals surface area contributed by atoms with Gasteiger partial charge >= 0.3 is 6.18 Å². The largest absolute Gasteiger partial charge is 0.389 e. The van der Waals surface area contributed by atoms with Gasteiger partial charge in [-0.15, -0.1) is 0 Å². The van der Waals surface area contributed by atoms with Crippen molar-refractivity contribution in [1.82, 2.24) is 40.1 Å². The zero-order valence-electron chi connectivity index (χ0n) is 59.2. The van der Waals surface area contributed by atoms with Gasteiger partial charge in [0, 0.05) is 41.2 Å². The van der Waals surface area contributed by atoms with Gasteiger partial charge in [-0.2, -0.15) is 13.2 Å². The summed E-state index contributed by atoms with van der Waals surface area (Å²) in [6.45, 7) is 36.0. The molecule has 4 aromatic rings. The molecule has 1 aromatic heterocycles. The van der Waals surface area contributed by atoms with Crippen LogP contribution in [0.3, 0.4) is 0 Å². The van der Waals surface area contributed by atoms with E-state index in [4.69, 9.17) is 0 Å². The summed E-state index contributed by atoms with van der Waals surface area (Å²) < 4.78 is 38.0. The molecule has 2 N–H and O–H groups in total. The number of hydrogen-bond donors (Lipinski definition) is 2. The van der Waals surface area contributed by atoms with E-state index in [0.29, 0.717) is 41.3 Å². The van der Waals surface area contributed by atoms with Crippen molar-refractivity contribution in [3.63, 3.8) is 0 Å². The molecule has 15 heteroatoms. The van der Waals surface area contributed by atoms with Crippen molar-refractivity contribution in [2.24, 2.45) is 16.2 Å². The van der Waals surface area contributed by atoms with Gasteiger partial charge in [0.1, 0.15) is 6.04 Å². The van der Waals surface area contributed by atoms with Gasteiger partial charge < -0.3 is 35.1 Å². The number of nitrogens with one attached hydrogen (secondary N) is 2. The number of pyridine rings is 1. The first-order chi connectivity index (χ1) is 44.5. The van der Waals surface area contributed by atoms with Crippen LogP contribution in [0, 0.1) is 16.2 Å². The standard InChI is InChI=1S/C27H41N3O2.C26H39F3N2O.C26H35N3O.2H2/c1-20(30-16-7-10-24(30)31)25(32)28-23-11-12-27(22-9-6-5-8-21(22)23)14-18-29(19-15-27)17-13-26(2,3)4;1-5-31(23(32)11-13-26(27,28)29)22-10-12-25(21-9-7-6-8-20(21)22)15-18-30(19-16-25)17-14-24(2,3)4;1-25(2,3)12-16-29-17-13-26(14-18-29)11-10-23(21-8-4-5-9-22(21)26)28-24(30)20-7-6-15-27-19-20;;/h5-6,8-9,20,23H,7,10-19H2,1-4H3,(H,28,32);6-9,22H,5,10-19H2,1-4H3;4-9,15,19,23H,10-14,16-18H2,1-3H3,(H,28,30);2*1H/t20-,23+;22-;23-;;/m101../s1. The minimum atomic E-state index is -4.30. The Morgan fingerprint density at radius 3 is 1.40 bits per heavy atom. The molecule has 11 rings (SSSR count). The van der Waals surface area contributed by atoms with Crippen LogP contribution >= 0.6 is 0 Å². The first-order valence-electron chi connectivity index (χ1n) is 36.1. The summed E-state index contributed by atoms with van der Waals surface area (Å²) >= 11 is 0. The number of nitrogens with zero attached hydrogens (tertiary/aromatic N) is 6. The maximum Gasteiger partial charge on any atom is 0.389 e. The predicted molar refractivity (Wildman–Crippen MR) is 377 cm³/mol. The van der Waals surface area contributed by atoms with E-state index in [1.807, 2.05) is 32.0 Å². The van der Waals surface area contributed by atoms with Crippen LogP contribution in [0.5, 0.6) is 0 Å². The number of benzene rings is 3. The van der Waals surface area contributed by atoms with E-state index in [-0.39, 0.29) is 61.0 Å². The van der Waals surface area contributed by atoms with E-state index >= 15 is 0 Å². The van der Waals surface area contributed by atoms with Crippen molar-refractivity contribution in [1.29, 1.82) is 0 Å². The van der Waals surface area contributed by atoms with Crippen molar-refractivity contribution >= 4 is 23.6 Å². The molecule has 12 nitrogen and oxygen atoms in total. The molecule has 0 bridgehead atoms. The third-order valence-electron chi connectivity index (χ3n) is 22.6. The fraction of sp³-hybridized carbons (Fsp3) is 0.658. The van der Waals surface area contributed by atoms with Gasteiger partial charge in [0.25, 0.3) is 5.91 Å². The number of carbonyl (C=O) groups is 4. The highest BCUT2D eigenvalue weighted by molar-refractivity contribution is 5.94. The van der Waals surface area contributed by atoms with E-state index < -0.39 is 24.9 Å². The van der Waals surface area contributed by atoms with Crippen molar-refractivity contribution in [3.8, 4) is 0 Å². The molecular formula is C79H119F3N8O4. The smallest absolute Gasteiger partial charge is 0.348 e. The molecule has 0 radical (unpaired) electrons. The lowest BCUT2D eigenvalue weighted by Gasteiger charge is -2.49. The molecule has 4 amide bonds. The Bertz CT molecular complexity index is 3160. The van der Waals surface area contributed by atoms with E-state index in [2.05, 4.69) is 159 Å². The van der Waals surface area contributed by atoms with Crippen LogP contribution < -0.4 is 10.6 Å². The van der Waals surface area contributed by atoms with E-state index in [1.165, 1.54) is 98.9 Å². The molecule has 4 aliphatic heterocycles. The predicted octanol–water partition coefficient (Wildman–Crippen LogP) is 16.5. The fourth-order valence-corrected chi connectivity index (χ4v) is 16.5. The van der Waals surface area contributed by atoms with Crippen molar-refractivity contribution in [2.75, 3.05) is 72.0 Å². The number of aromatic nitrogens is 1. The van der Waals surface area contributed by atoms with Gasteiger partial charge in [-0.05, 0) is 253 Å². The number of likely N-dealkylation sites (tertiary alicyclic amines) is 4. The van der Waals surface area contributed by atoms with Crippen LogP contribution in [0.15, 0.2) is 97.3 Å². The number of hydrogen-bond acceptors (Lipinski definition) is 8. The summed E-state index contributed by atoms with van der Waals surface area (Å²) in [5, 5.41) is 6.57. The second-order valence-corrected chi connectivity index (χ2v) is 32.7. The van der Waals surface area contributed by atoms with Crippen LogP contribution in [0.4, 0.5) is 13.2 Å². The highest BCUT2D eigenvalue weighted by atomic mass is 19.4. The molecule has 4 atom stereocenters. The van der Waals surface area contributed by atoms with Crippen LogP contribution in [-0.2, 0) is 30.6 Å². The van der Waals surface area contributed by atoms with Gasteiger partial charge in [0.05, 0.1) is 30.1 Å². The number of piperidine rings is 3. The van der Waals surface area contributed by atoms with Gasteiger partial charge in [-0.3, -0.25) is 24.2 Å². The summed E-state index contributed by atoms with van der Waals surface area (Å²) in [6.07, 6.45) is 15.7. The van der Waals surface area contributed by atoms with Crippen LogP contribution in [0.2, 0.25) is 0 Å². The third-order valence-corrected chi connectivity index (χ3v) is 22.6. The zero-order chi connectivity index (χ0) is 67.7. The molecule has 4 fully saturated rings. The van der Waals surface area contributed by atoms with Gasteiger partial charge in [0.2, 0.25) is 17.7 Å². The lowest BCUT2D eigenvalue weighted by Crippen LogP contribution is -2.49. The minimum absolute atomic E-state index is 0. The topological polar surface area (TPSA) is 121 Å². The molecule has 7 aliphatic rings. The quantitative estimate of drug-likeness (QED) is 0.121. The summed E-state index contributed by atoms with van der Waals surface area (Å²) in [5.41, 5.74) is 10.3. The summed E-state index contributed by atoms with van der Waals surface area (Å²) in [6, 6.07) is 29.2. The van der Waals surface area contributed by atoms with Crippen LogP contribution in [-0.4, -0.2) is 137 Å². The first kappa shape index (κ1) is 72.6. The number of fused-ring (bicyclic) bond motifs is 6.